The number of hydrazone groups is 1. The molecule has 6 aliphatic rings. The van der Waals surface area contributed by atoms with E-state index in [9.17, 15) is 0 Å². The van der Waals surface area contributed by atoms with E-state index in [4.69, 9.17) is 28.8 Å². The number of nitrogens with zero attached hydrogens (tertiary/aromatic N) is 3. The zero-order valence-corrected chi connectivity index (χ0v) is 20.1. The number of alkyl halides is 1. The van der Waals surface area contributed by atoms with Crippen LogP contribution in [0.15, 0.2) is 32.4 Å². The van der Waals surface area contributed by atoms with Crippen molar-refractivity contribution in [3.05, 3.63) is 22.9 Å². The van der Waals surface area contributed by atoms with Crippen LogP contribution in [0.5, 0.6) is 0 Å². The number of ether oxygens (including phenoxy) is 5. The van der Waals surface area contributed by atoms with Crippen molar-refractivity contribution < 1.29 is 28.1 Å². The fourth-order valence-corrected chi connectivity index (χ4v) is 6.10. The molecule has 0 N–H and O–H groups in total. The van der Waals surface area contributed by atoms with Gasteiger partial charge < -0.3 is 23.7 Å². The molecule has 10 heteroatoms. The first kappa shape index (κ1) is 23.1. The van der Waals surface area contributed by atoms with Crippen LogP contribution in [-0.4, -0.2) is 79.7 Å². The number of rotatable bonds is 6. The Morgan fingerprint density at radius 3 is 2.71 bits per heavy atom. The Balaban J connectivity index is 1.21. The van der Waals surface area contributed by atoms with Gasteiger partial charge in [-0.2, -0.15) is 5.10 Å². The Kier molecular flexibility index (Phi) is 7.05. The van der Waals surface area contributed by atoms with Gasteiger partial charge in [0.15, 0.2) is 25.0 Å². The summed E-state index contributed by atoms with van der Waals surface area (Å²) >= 11 is 1.53. The van der Waals surface area contributed by atoms with Crippen LogP contribution in [0.4, 0.5) is 4.39 Å². The van der Waals surface area contributed by atoms with Crippen LogP contribution in [0, 0.1) is 0 Å². The van der Waals surface area contributed by atoms with Gasteiger partial charge in [-0.1, -0.05) is 0 Å². The fourth-order valence-electron chi connectivity index (χ4n) is 5.41. The first-order chi connectivity index (χ1) is 16.8. The van der Waals surface area contributed by atoms with Crippen molar-refractivity contribution in [1.82, 2.24) is 5.01 Å². The Bertz CT molecular complexity index is 884. The van der Waals surface area contributed by atoms with E-state index in [1.165, 1.54) is 28.7 Å². The Morgan fingerprint density at radius 1 is 1.09 bits per heavy atom. The van der Waals surface area contributed by atoms with Gasteiger partial charge in [-0.15, -0.1) is 0 Å². The van der Waals surface area contributed by atoms with E-state index in [1.54, 1.807) is 11.2 Å². The summed E-state index contributed by atoms with van der Waals surface area (Å²) in [6, 6.07) is 0. The monoisotopic (exact) mass is 493 g/mol. The summed E-state index contributed by atoms with van der Waals surface area (Å²) in [6.07, 6.45) is 6.99. The molecule has 0 aromatic rings. The maximum atomic E-state index is 16.0. The van der Waals surface area contributed by atoms with Crippen LogP contribution >= 0.6 is 11.9 Å². The van der Waals surface area contributed by atoms with Crippen molar-refractivity contribution in [2.24, 2.45) is 9.50 Å². The van der Waals surface area contributed by atoms with E-state index in [0.29, 0.717) is 13.2 Å². The molecule has 2 unspecified atom stereocenters. The molecule has 34 heavy (non-hydrogen) atoms. The molecule has 0 bridgehead atoms. The van der Waals surface area contributed by atoms with Crippen LogP contribution in [0.2, 0.25) is 0 Å². The molecule has 0 aromatic heterocycles. The van der Waals surface area contributed by atoms with Gasteiger partial charge in [0.2, 0.25) is 0 Å². The summed E-state index contributed by atoms with van der Waals surface area (Å²) in [4.78, 5) is 0. The van der Waals surface area contributed by atoms with Gasteiger partial charge in [0.1, 0.15) is 17.9 Å². The second-order valence-electron chi connectivity index (χ2n) is 9.54. The second-order valence-corrected chi connectivity index (χ2v) is 10.3. The van der Waals surface area contributed by atoms with Crippen LogP contribution in [0.3, 0.4) is 0 Å². The molecule has 186 valence electrons. The number of hydrogen-bond donors (Lipinski definition) is 0. The van der Waals surface area contributed by atoms with Crippen molar-refractivity contribution in [3.8, 4) is 0 Å². The minimum atomic E-state index is -1.41. The minimum absolute atomic E-state index is 0.202. The van der Waals surface area contributed by atoms with Crippen molar-refractivity contribution in [1.29, 1.82) is 0 Å². The summed E-state index contributed by atoms with van der Waals surface area (Å²) in [5, 5.41) is 6.36. The standard InChI is InChI=1S/C24H32FN3O5S/c25-22-23(33-20-6-2-4-10-30-20)18(13-31-19-5-1-3-9-29-19)32-24(22)28-12-15-7-8-16-14-34-26-11-17(27-28)21(15)16/h11-12,18-20,22-24H,1-10,13-14H2/t18-,19?,20?,22-,23-,24-/m1/s1. The zero-order valence-electron chi connectivity index (χ0n) is 19.3. The maximum Gasteiger partial charge on any atom is 0.184 e. The molecule has 8 nitrogen and oxygen atoms in total. The molecule has 0 saturated carbocycles. The summed E-state index contributed by atoms with van der Waals surface area (Å²) < 4.78 is 50.2. The van der Waals surface area contributed by atoms with Gasteiger partial charge in [-0.05, 0) is 74.5 Å². The molecule has 0 spiro atoms. The van der Waals surface area contributed by atoms with E-state index in [2.05, 4.69) is 4.40 Å². The molecule has 0 radical (unpaired) electrons. The Morgan fingerprint density at radius 2 is 1.91 bits per heavy atom. The molecular weight excluding hydrogens is 461 g/mol. The van der Waals surface area contributed by atoms with E-state index in [0.717, 1.165) is 62.8 Å². The SMILES string of the molecule is F[C@@H]1[C@H](OC2CCCCO2)[C@@H](COC2CCCCO2)O[C@H]1N1C=C2CCC3=C2C(=N1)C=NSC3. The van der Waals surface area contributed by atoms with Gasteiger partial charge in [-0.3, -0.25) is 0 Å². The van der Waals surface area contributed by atoms with E-state index in [1.807, 2.05) is 6.20 Å². The highest BCUT2D eigenvalue weighted by Gasteiger charge is 2.50. The molecule has 0 aromatic carbocycles. The van der Waals surface area contributed by atoms with Gasteiger partial charge in [0, 0.05) is 30.7 Å². The van der Waals surface area contributed by atoms with Gasteiger partial charge in [0.25, 0.3) is 0 Å². The van der Waals surface area contributed by atoms with Gasteiger partial charge >= 0.3 is 0 Å². The summed E-state index contributed by atoms with van der Waals surface area (Å²) in [6.45, 7) is 1.53. The number of allylic oxidation sites excluding steroid dienone is 2. The van der Waals surface area contributed by atoms with Gasteiger partial charge in [-0.25, -0.2) is 13.8 Å². The molecule has 6 rings (SSSR count). The van der Waals surface area contributed by atoms with Crippen molar-refractivity contribution in [2.45, 2.75) is 88.6 Å². The Labute approximate surface area is 203 Å². The van der Waals surface area contributed by atoms with Crippen LogP contribution in [0.1, 0.15) is 51.4 Å². The molecule has 1 aliphatic carbocycles. The Hall–Kier alpha value is -1.30. The summed E-state index contributed by atoms with van der Waals surface area (Å²) in [5.74, 6) is 0.883. The number of hydrogen-bond acceptors (Lipinski definition) is 9. The molecule has 6 atom stereocenters. The fraction of sp³-hybridized carbons (Fsp3) is 0.750. The summed E-state index contributed by atoms with van der Waals surface area (Å²) in [7, 11) is 0. The predicted octanol–water partition coefficient (Wildman–Crippen LogP) is 3.88. The van der Waals surface area contributed by atoms with Crippen LogP contribution in [-0.2, 0) is 23.7 Å². The van der Waals surface area contributed by atoms with E-state index < -0.39 is 30.9 Å². The summed E-state index contributed by atoms with van der Waals surface area (Å²) in [5.41, 5.74) is 4.50. The maximum absolute atomic E-state index is 16.0. The second kappa shape index (κ2) is 10.4. The highest BCUT2D eigenvalue weighted by Crippen LogP contribution is 2.40. The zero-order chi connectivity index (χ0) is 22.9. The van der Waals surface area contributed by atoms with Crippen LogP contribution in [0.25, 0.3) is 0 Å². The third-order valence-corrected chi connectivity index (χ3v) is 7.92. The lowest BCUT2D eigenvalue weighted by Crippen LogP contribution is -2.42. The molecule has 3 fully saturated rings. The van der Waals surface area contributed by atoms with Crippen LogP contribution < -0.4 is 0 Å². The predicted molar refractivity (Wildman–Crippen MR) is 126 cm³/mol. The first-order valence-corrected chi connectivity index (χ1v) is 13.5. The minimum Gasteiger partial charge on any atom is -0.353 e. The van der Waals surface area contributed by atoms with E-state index >= 15 is 4.39 Å². The third kappa shape index (κ3) is 4.73. The lowest BCUT2D eigenvalue weighted by atomic mass is 10.0. The topological polar surface area (TPSA) is 74.1 Å². The first-order valence-electron chi connectivity index (χ1n) is 12.5. The van der Waals surface area contributed by atoms with Gasteiger partial charge in [0.05, 0.1) is 12.8 Å². The lowest BCUT2D eigenvalue weighted by molar-refractivity contribution is -0.220. The molecule has 3 saturated heterocycles. The molecule has 5 aliphatic heterocycles. The highest BCUT2D eigenvalue weighted by molar-refractivity contribution is 7.98. The largest absolute Gasteiger partial charge is 0.353 e. The van der Waals surface area contributed by atoms with Crippen molar-refractivity contribution in [2.75, 3.05) is 25.6 Å². The lowest BCUT2D eigenvalue weighted by Gasteiger charge is -2.30. The smallest absolute Gasteiger partial charge is 0.184 e. The average molecular weight is 494 g/mol. The highest BCUT2D eigenvalue weighted by atomic mass is 32.2. The van der Waals surface area contributed by atoms with Crippen molar-refractivity contribution >= 4 is 23.9 Å². The number of halogens is 1. The molecular formula is C24H32FN3O5S. The van der Waals surface area contributed by atoms with E-state index in [-0.39, 0.29) is 12.9 Å². The van der Waals surface area contributed by atoms with Crippen molar-refractivity contribution in [3.63, 3.8) is 0 Å². The third-order valence-electron chi connectivity index (χ3n) is 7.19. The average Bonchev–Trinajstić information content (AvgIpc) is 3.34. The quantitative estimate of drug-likeness (QED) is 0.520. The normalized spacial score (nSPS) is 38.0. The molecule has 5 heterocycles. The molecule has 0 amide bonds.